The van der Waals surface area contributed by atoms with Crippen LogP contribution in [0.25, 0.3) is 0 Å². The van der Waals surface area contributed by atoms with Gasteiger partial charge in [0.25, 0.3) is 0 Å². The van der Waals surface area contributed by atoms with Crippen molar-refractivity contribution < 1.29 is 9.90 Å². The fourth-order valence-corrected chi connectivity index (χ4v) is 2.11. The van der Waals surface area contributed by atoms with E-state index in [1.165, 1.54) is 16.0 Å². The van der Waals surface area contributed by atoms with Gasteiger partial charge in [-0.15, -0.1) is 0 Å². The number of rotatable bonds is 4. The Morgan fingerprint density at radius 2 is 1.81 bits per heavy atom. The molecular weight excluding hydrogens is 264 g/mol. The zero-order chi connectivity index (χ0) is 15.2. The van der Waals surface area contributed by atoms with Crippen LogP contribution in [-0.4, -0.2) is 24.7 Å². The first-order valence-electron chi connectivity index (χ1n) is 6.93. The summed E-state index contributed by atoms with van der Waals surface area (Å²) in [7, 11) is 1.70. The minimum absolute atomic E-state index is 0.158. The van der Waals surface area contributed by atoms with Gasteiger partial charge in [-0.2, -0.15) is 0 Å². The molecule has 0 bridgehead atoms. The number of aryl methyl sites for hydroxylation is 1. The van der Waals surface area contributed by atoms with Crippen molar-refractivity contribution >= 4 is 11.7 Å². The predicted octanol–water partition coefficient (Wildman–Crippen LogP) is 3.09. The minimum atomic E-state index is -0.158. The van der Waals surface area contributed by atoms with Crippen LogP contribution in [0.4, 0.5) is 10.5 Å². The number of urea groups is 1. The highest BCUT2D eigenvalue weighted by Gasteiger charge is 2.10. The van der Waals surface area contributed by atoms with Crippen LogP contribution in [-0.2, 0) is 6.42 Å². The number of nitrogens with zero attached hydrogens (tertiary/aromatic N) is 1. The van der Waals surface area contributed by atoms with Crippen molar-refractivity contribution in [3.05, 3.63) is 59.7 Å². The van der Waals surface area contributed by atoms with Crippen LogP contribution in [0, 0.1) is 6.92 Å². The Hall–Kier alpha value is -2.49. The molecule has 0 aliphatic heterocycles. The quantitative estimate of drug-likeness (QED) is 0.906. The zero-order valence-electron chi connectivity index (χ0n) is 12.3. The Morgan fingerprint density at radius 3 is 2.48 bits per heavy atom. The number of amides is 2. The Bertz CT molecular complexity index is 608. The molecule has 2 amide bonds. The van der Waals surface area contributed by atoms with Crippen LogP contribution < -0.4 is 10.2 Å². The van der Waals surface area contributed by atoms with Crippen molar-refractivity contribution in [2.45, 2.75) is 13.3 Å². The Balaban J connectivity index is 1.87. The highest BCUT2D eigenvalue weighted by Crippen LogP contribution is 2.17. The molecule has 4 nitrogen and oxygen atoms in total. The first kappa shape index (κ1) is 14.9. The van der Waals surface area contributed by atoms with E-state index in [4.69, 9.17) is 0 Å². The maximum atomic E-state index is 12.1. The number of hydrogen-bond acceptors (Lipinski definition) is 2. The number of anilines is 1. The molecule has 21 heavy (non-hydrogen) atoms. The maximum Gasteiger partial charge on any atom is 0.321 e. The summed E-state index contributed by atoms with van der Waals surface area (Å²) >= 11 is 0. The van der Waals surface area contributed by atoms with Gasteiger partial charge in [-0.3, -0.25) is 4.90 Å². The van der Waals surface area contributed by atoms with Crippen molar-refractivity contribution in [3.8, 4) is 5.75 Å². The van der Waals surface area contributed by atoms with Crippen molar-refractivity contribution in [2.24, 2.45) is 0 Å². The molecule has 0 aromatic heterocycles. The van der Waals surface area contributed by atoms with Crippen LogP contribution in [0.1, 0.15) is 11.1 Å². The summed E-state index contributed by atoms with van der Waals surface area (Å²) in [4.78, 5) is 13.6. The molecule has 0 spiro atoms. The van der Waals surface area contributed by atoms with Crippen molar-refractivity contribution in [2.75, 3.05) is 18.5 Å². The van der Waals surface area contributed by atoms with Gasteiger partial charge in [0.05, 0.1) is 0 Å². The lowest BCUT2D eigenvalue weighted by Gasteiger charge is -2.18. The number of phenols is 1. The van der Waals surface area contributed by atoms with Gasteiger partial charge in [0.1, 0.15) is 5.75 Å². The SMILES string of the molecule is Cc1ccccc1CCNC(=O)N(C)c1ccc(O)cc1. The summed E-state index contributed by atoms with van der Waals surface area (Å²) in [6.07, 6.45) is 0.807. The predicted molar refractivity (Wildman–Crippen MR) is 84.8 cm³/mol. The highest BCUT2D eigenvalue weighted by molar-refractivity contribution is 5.91. The Kier molecular flexibility index (Phi) is 4.82. The van der Waals surface area contributed by atoms with Gasteiger partial charge in [0, 0.05) is 19.3 Å². The van der Waals surface area contributed by atoms with Crippen molar-refractivity contribution in [3.63, 3.8) is 0 Å². The molecule has 2 N–H and O–H groups in total. The van der Waals surface area contributed by atoms with Crippen LogP contribution in [0.2, 0.25) is 0 Å². The number of carbonyl (C=O) groups is 1. The van der Waals surface area contributed by atoms with Gasteiger partial charge >= 0.3 is 6.03 Å². The Labute approximate surface area is 125 Å². The first-order valence-corrected chi connectivity index (χ1v) is 6.93. The van der Waals surface area contributed by atoms with E-state index in [9.17, 15) is 9.90 Å². The van der Waals surface area contributed by atoms with E-state index in [2.05, 4.69) is 24.4 Å². The smallest absolute Gasteiger partial charge is 0.321 e. The van der Waals surface area contributed by atoms with E-state index in [-0.39, 0.29) is 11.8 Å². The van der Waals surface area contributed by atoms with E-state index in [1.807, 2.05) is 12.1 Å². The number of nitrogens with one attached hydrogen (secondary N) is 1. The largest absolute Gasteiger partial charge is 0.508 e. The number of aromatic hydroxyl groups is 1. The van der Waals surface area contributed by atoms with E-state index >= 15 is 0 Å². The second-order valence-corrected chi connectivity index (χ2v) is 4.98. The third-order valence-corrected chi connectivity index (χ3v) is 3.47. The molecule has 2 rings (SSSR count). The molecule has 0 fully saturated rings. The number of phenolic OH excluding ortho intramolecular Hbond substituents is 1. The molecule has 2 aromatic rings. The number of carbonyl (C=O) groups excluding carboxylic acids is 1. The van der Waals surface area contributed by atoms with Crippen LogP contribution in [0.3, 0.4) is 0 Å². The molecule has 4 heteroatoms. The summed E-state index contributed by atoms with van der Waals surface area (Å²) in [6.45, 7) is 2.66. The van der Waals surface area contributed by atoms with Crippen molar-refractivity contribution in [1.29, 1.82) is 0 Å². The number of hydrogen-bond donors (Lipinski definition) is 2. The van der Waals surface area contributed by atoms with Gasteiger partial charge in [0.15, 0.2) is 0 Å². The third-order valence-electron chi connectivity index (χ3n) is 3.47. The third kappa shape index (κ3) is 3.99. The molecule has 0 heterocycles. The lowest BCUT2D eigenvalue weighted by Crippen LogP contribution is -2.38. The monoisotopic (exact) mass is 284 g/mol. The Morgan fingerprint density at radius 1 is 1.14 bits per heavy atom. The second kappa shape index (κ2) is 6.79. The highest BCUT2D eigenvalue weighted by atomic mass is 16.3. The molecule has 0 atom stereocenters. The minimum Gasteiger partial charge on any atom is -0.508 e. The topological polar surface area (TPSA) is 52.6 Å². The fourth-order valence-electron chi connectivity index (χ4n) is 2.11. The summed E-state index contributed by atoms with van der Waals surface area (Å²) in [5, 5.41) is 12.1. The standard InChI is InChI=1S/C17H20N2O2/c1-13-5-3-4-6-14(13)11-12-18-17(21)19(2)15-7-9-16(20)10-8-15/h3-10,20H,11-12H2,1-2H3,(H,18,21). The van der Waals surface area contributed by atoms with Crippen LogP contribution in [0.5, 0.6) is 5.75 Å². The lowest BCUT2D eigenvalue weighted by atomic mass is 10.1. The summed E-state index contributed by atoms with van der Waals surface area (Å²) < 4.78 is 0. The van der Waals surface area contributed by atoms with Gasteiger partial charge in [-0.25, -0.2) is 4.79 Å². The summed E-state index contributed by atoms with van der Waals surface area (Å²) in [5.41, 5.74) is 3.21. The fraction of sp³-hybridized carbons (Fsp3) is 0.235. The number of benzene rings is 2. The van der Waals surface area contributed by atoms with E-state index in [1.54, 1.807) is 31.3 Å². The zero-order valence-corrected chi connectivity index (χ0v) is 12.3. The second-order valence-electron chi connectivity index (χ2n) is 4.98. The summed E-state index contributed by atoms with van der Waals surface area (Å²) in [5.74, 6) is 0.187. The molecule has 0 aliphatic carbocycles. The molecule has 2 aromatic carbocycles. The summed E-state index contributed by atoms with van der Waals surface area (Å²) in [6, 6.07) is 14.5. The first-order chi connectivity index (χ1) is 10.1. The lowest BCUT2D eigenvalue weighted by molar-refractivity contribution is 0.247. The normalized spacial score (nSPS) is 10.2. The van der Waals surface area contributed by atoms with E-state index in [0.717, 1.165) is 12.1 Å². The molecule has 0 saturated carbocycles. The van der Waals surface area contributed by atoms with Crippen LogP contribution in [0.15, 0.2) is 48.5 Å². The van der Waals surface area contributed by atoms with Gasteiger partial charge in [-0.05, 0) is 48.7 Å². The molecule has 0 saturated heterocycles. The van der Waals surface area contributed by atoms with Gasteiger partial charge in [0.2, 0.25) is 0 Å². The van der Waals surface area contributed by atoms with E-state index < -0.39 is 0 Å². The van der Waals surface area contributed by atoms with Gasteiger partial charge < -0.3 is 10.4 Å². The average Bonchev–Trinajstić information content (AvgIpc) is 2.49. The molecular formula is C17H20N2O2. The van der Waals surface area contributed by atoms with Gasteiger partial charge in [-0.1, -0.05) is 24.3 Å². The van der Waals surface area contributed by atoms with E-state index in [0.29, 0.717) is 6.54 Å². The molecule has 0 unspecified atom stereocenters. The molecule has 0 aliphatic rings. The average molecular weight is 284 g/mol. The van der Waals surface area contributed by atoms with Crippen LogP contribution >= 0.6 is 0 Å². The van der Waals surface area contributed by atoms with Crippen molar-refractivity contribution in [1.82, 2.24) is 5.32 Å². The maximum absolute atomic E-state index is 12.1. The molecule has 110 valence electrons. The molecule has 0 radical (unpaired) electrons.